The van der Waals surface area contributed by atoms with Crippen molar-refractivity contribution in [2.45, 2.75) is 26.7 Å². The van der Waals surface area contributed by atoms with Crippen molar-refractivity contribution in [1.29, 1.82) is 5.26 Å². The molecule has 3 aromatic rings. The Labute approximate surface area is 237 Å². The number of thioether (sulfide) groups is 1. The van der Waals surface area contributed by atoms with Crippen molar-refractivity contribution < 1.29 is 19.1 Å². The monoisotopic (exact) mass is 551 g/mol. The van der Waals surface area contributed by atoms with E-state index in [1.165, 1.54) is 11.8 Å². The normalized spacial score (nSPS) is 14.7. The van der Waals surface area contributed by atoms with Gasteiger partial charge in [0.25, 0.3) is 5.91 Å². The smallest absolute Gasteiger partial charge is 0.338 e. The van der Waals surface area contributed by atoms with Crippen molar-refractivity contribution >= 4 is 35.1 Å². The van der Waals surface area contributed by atoms with Crippen LogP contribution in [0.2, 0.25) is 0 Å². The molecular weight excluding hydrogens is 522 g/mol. The fraction of sp³-hybridized carbons (Fsp3) is 0.188. The summed E-state index contributed by atoms with van der Waals surface area (Å²) in [6.45, 7) is 5.75. The number of dihydropyridines is 1. The molecule has 1 aliphatic rings. The Balaban J connectivity index is 1.61. The maximum absolute atomic E-state index is 13.6. The average Bonchev–Trinajstić information content (AvgIpc) is 2.96. The summed E-state index contributed by atoms with van der Waals surface area (Å²) in [5.74, 6) is -1.36. The zero-order chi connectivity index (χ0) is 28.6. The number of rotatable bonds is 9. The lowest BCUT2D eigenvalue weighted by molar-refractivity contribution is -0.113. The van der Waals surface area contributed by atoms with Crippen LogP contribution in [0.3, 0.4) is 0 Å². The number of amides is 1. The number of ketones is 1. The number of benzene rings is 3. The zero-order valence-corrected chi connectivity index (χ0v) is 23.3. The molecule has 3 aromatic carbocycles. The van der Waals surface area contributed by atoms with E-state index < -0.39 is 11.9 Å². The minimum atomic E-state index is -0.636. The number of nitrogens with zero attached hydrogens (tertiary/aromatic N) is 1. The van der Waals surface area contributed by atoms with Crippen LogP contribution in [0.25, 0.3) is 0 Å². The molecule has 8 heteroatoms. The number of aryl methyl sites for hydroxylation is 1. The molecule has 0 saturated carbocycles. The van der Waals surface area contributed by atoms with Gasteiger partial charge in [0, 0.05) is 22.5 Å². The average molecular weight is 552 g/mol. The van der Waals surface area contributed by atoms with E-state index >= 15 is 0 Å². The molecule has 1 aliphatic heterocycles. The summed E-state index contributed by atoms with van der Waals surface area (Å²) in [6.07, 6.45) is 0. The number of ether oxygens (including phenoxy) is 1. The highest BCUT2D eigenvalue weighted by Crippen LogP contribution is 2.41. The molecule has 0 aliphatic carbocycles. The Hall–Kier alpha value is -4.61. The molecule has 0 bridgehead atoms. The molecule has 202 valence electrons. The minimum Gasteiger partial charge on any atom is -0.462 e. The van der Waals surface area contributed by atoms with Gasteiger partial charge in [-0.05, 0) is 50.6 Å². The lowest BCUT2D eigenvalue weighted by Gasteiger charge is -2.30. The van der Waals surface area contributed by atoms with Crippen LogP contribution >= 0.6 is 11.8 Å². The Bertz CT molecular complexity index is 1520. The Morgan fingerprint density at radius 2 is 1.60 bits per heavy atom. The van der Waals surface area contributed by atoms with Gasteiger partial charge in [-0.15, -0.1) is 0 Å². The van der Waals surface area contributed by atoms with Crippen molar-refractivity contribution in [3.8, 4) is 6.07 Å². The summed E-state index contributed by atoms with van der Waals surface area (Å²) in [5, 5.41) is 16.9. The second-order valence-corrected chi connectivity index (χ2v) is 10.2. The minimum absolute atomic E-state index is 0.0516. The number of esters is 1. The molecule has 1 heterocycles. The van der Waals surface area contributed by atoms with Crippen LogP contribution in [0.4, 0.5) is 5.69 Å². The van der Waals surface area contributed by atoms with Gasteiger partial charge in [-0.2, -0.15) is 5.26 Å². The van der Waals surface area contributed by atoms with Crippen LogP contribution in [-0.2, 0) is 9.53 Å². The SMILES string of the molecule is CCOC(=O)c1ccc(NC(=O)C2=C(C)NC(SCC(=O)c3ccc(C)cc3)=C(C#N)C2c2ccccc2)cc1. The Morgan fingerprint density at radius 3 is 2.23 bits per heavy atom. The second kappa shape index (κ2) is 13.0. The predicted octanol–water partition coefficient (Wildman–Crippen LogP) is 6.12. The highest BCUT2D eigenvalue weighted by molar-refractivity contribution is 8.03. The lowest BCUT2D eigenvalue weighted by atomic mass is 9.82. The second-order valence-electron chi connectivity index (χ2n) is 9.19. The maximum atomic E-state index is 13.6. The molecule has 1 amide bonds. The van der Waals surface area contributed by atoms with E-state index in [2.05, 4.69) is 16.7 Å². The van der Waals surface area contributed by atoms with Gasteiger partial charge in [-0.25, -0.2) is 4.79 Å². The fourth-order valence-corrected chi connectivity index (χ4v) is 5.36. The van der Waals surface area contributed by atoms with Crippen LogP contribution in [-0.4, -0.2) is 30.0 Å². The standard InChI is InChI=1S/C32H29N3O4S/c1-4-39-32(38)24-14-16-25(17-15-24)35-30(37)28-21(3)34-31(26(18-33)29(28)23-8-6-5-7-9-23)40-19-27(36)22-12-10-20(2)11-13-22/h5-17,29,34H,4,19H2,1-3H3,(H,35,37). The molecule has 1 atom stereocenters. The fourth-order valence-electron chi connectivity index (χ4n) is 4.37. The van der Waals surface area contributed by atoms with Crippen molar-refractivity contribution in [3.05, 3.63) is 123 Å². The van der Waals surface area contributed by atoms with Crippen LogP contribution in [0.5, 0.6) is 0 Å². The third-order valence-corrected chi connectivity index (χ3v) is 7.42. The first-order chi connectivity index (χ1) is 19.3. The number of hydrogen-bond acceptors (Lipinski definition) is 7. The van der Waals surface area contributed by atoms with Crippen LogP contribution in [0.15, 0.2) is 101 Å². The summed E-state index contributed by atoms with van der Waals surface area (Å²) < 4.78 is 5.02. The molecule has 4 rings (SSSR count). The number of carbonyl (C=O) groups is 3. The van der Waals surface area contributed by atoms with Crippen molar-refractivity contribution in [3.63, 3.8) is 0 Å². The summed E-state index contributed by atoms with van der Waals surface area (Å²) in [7, 11) is 0. The molecule has 7 nitrogen and oxygen atoms in total. The highest BCUT2D eigenvalue weighted by Gasteiger charge is 2.35. The molecule has 0 aromatic heterocycles. The summed E-state index contributed by atoms with van der Waals surface area (Å²) in [4.78, 5) is 38.5. The highest BCUT2D eigenvalue weighted by atomic mass is 32.2. The number of allylic oxidation sites excluding steroid dienone is 2. The molecular formula is C32H29N3O4S. The molecule has 0 radical (unpaired) electrons. The molecule has 40 heavy (non-hydrogen) atoms. The van der Waals surface area contributed by atoms with E-state index in [0.717, 1.165) is 11.1 Å². The lowest BCUT2D eigenvalue weighted by Crippen LogP contribution is -2.31. The number of carbonyl (C=O) groups excluding carboxylic acids is 3. The number of anilines is 1. The maximum Gasteiger partial charge on any atom is 0.338 e. The third kappa shape index (κ3) is 6.50. The van der Waals surface area contributed by atoms with Crippen LogP contribution in [0.1, 0.15) is 51.6 Å². The molecule has 0 saturated heterocycles. The van der Waals surface area contributed by atoms with Gasteiger partial charge in [0.05, 0.1) is 40.5 Å². The van der Waals surface area contributed by atoms with Gasteiger partial charge in [0.15, 0.2) is 5.78 Å². The van der Waals surface area contributed by atoms with E-state index in [4.69, 9.17) is 4.74 Å². The van der Waals surface area contributed by atoms with E-state index in [9.17, 15) is 19.6 Å². The van der Waals surface area contributed by atoms with Crippen molar-refractivity contribution in [1.82, 2.24) is 5.32 Å². The van der Waals surface area contributed by atoms with E-state index in [1.54, 1.807) is 50.2 Å². The predicted molar refractivity (Wildman–Crippen MR) is 157 cm³/mol. The van der Waals surface area contributed by atoms with E-state index in [1.807, 2.05) is 49.4 Å². The Morgan fingerprint density at radius 1 is 0.950 bits per heavy atom. The summed E-state index contributed by atoms with van der Waals surface area (Å²) in [6, 6.07) is 25.5. The summed E-state index contributed by atoms with van der Waals surface area (Å²) >= 11 is 1.25. The largest absolute Gasteiger partial charge is 0.462 e. The van der Waals surface area contributed by atoms with E-state index in [0.29, 0.717) is 38.7 Å². The van der Waals surface area contributed by atoms with Gasteiger partial charge in [-0.1, -0.05) is 71.9 Å². The van der Waals surface area contributed by atoms with Gasteiger partial charge >= 0.3 is 5.97 Å². The van der Waals surface area contributed by atoms with Gasteiger partial charge in [0.2, 0.25) is 0 Å². The molecule has 1 unspecified atom stereocenters. The third-order valence-electron chi connectivity index (χ3n) is 6.40. The number of hydrogen-bond donors (Lipinski definition) is 2. The van der Waals surface area contributed by atoms with Crippen LogP contribution < -0.4 is 10.6 Å². The van der Waals surface area contributed by atoms with Gasteiger partial charge in [-0.3, -0.25) is 9.59 Å². The van der Waals surface area contributed by atoms with Crippen molar-refractivity contribution in [2.24, 2.45) is 0 Å². The Kier molecular flexibility index (Phi) is 9.20. The number of Topliss-reactive ketones (excluding diaryl/α,β-unsaturated/α-hetero) is 1. The van der Waals surface area contributed by atoms with Gasteiger partial charge in [0.1, 0.15) is 0 Å². The van der Waals surface area contributed by atoms with Gasteiger partial charge < -0.3 is 15.4 Å². The first kappa shape index (κ1) is 28.4. The number of nitrogens with one attached hydrogen (secondary N) is 2. The van der Waals surface area contributed by atoms with Crippen LogP contribution in [0, 0.1) is 18.3 Å². The summed E-state index contributed by atoms with van der Waals surface area (Å²) in [5.41, 5.74) is 4.68. The molecule has 2 N–H and O–H groups in total. The molecule has 0 fully saturated rings. The quantitative estimate of drug-likeness (QED) is 0.244. The first-order valence-electron chi connectivity index (χ1n) is 12.8. The zero-order valence-electron chi connectivity index (χ0n) is 22.5. The first-order valence-corrected chi connectivity index (χ1v) is 13.8. The topological polar surface area (TPSA) is 108 Å². The number of nitriles is 1. The van der Waals surface area contributed by atoms with E-state index in [-0.39, 0.29) is 24.1 Å². The van der Waals surface area contributed by atoms with Crippen molar-refractivity contribution in [2.75, 3.05) is 17.7 Å². The molecule has 0 spiro atoms.